The SMILES string of the molecule is CC/C=C\C/C=C\C/C=C\C/C=C\C/C=C\CCCCCC(=O)OC(COC(=O)CCCCCCCCCCCCC)COC(=O)CCCCCCCCCCCCCCCCCCCCCCCCCCCCCC. The molecule has 0 heterocycles. The number of esters is 3. The summed E-state index contributed by atoms with van der Waals surface area (Å²) in [5.74, 6) is -0.898. The van der Waals surface area contributed by atoms with Crippen LogP contribution >= 0.6 is 0 Å². The molecule has 6 nitrogen and oxygen atoms in total. The maximum absolute atomic E-state index is 12.9. The van der Waals surface area contributed by atoms with Crippen molar-refractivity contribution in [2.45, 2.75) is 354 Å². The largest absolute Gasteiger partial charge is 0.462 e. The summed E-state index contributed by atoms with van der Waals surface area (Å²) in [6.45, 7) is 6.54. The second-order valence-electron chi connectivity index (χ2n) is 22.4. The van der Waals surface area contributed by atoms with E-state index in [9.17, 15) is 14.4 Å². The van der Waals surface area contributed by atoms with Crippen LogP contribution < -0.4 is 0 Å². The molecule has 0 aromatic rings. The number of hydrogen-bond acceptors (Lipinski definition) is 6. The number of allylic oxidation sites excluding steroid dienone is 10. The Morgan fingerprint density at radius 1 is 0.276 bits per heavy atom. The van der Waals surface area contributed by atoms with Gasteiger partial charge in [0.15, 0.2) is 6.10 Å². The van der Waals surface area contributed by atoms with Gasteiger partial charge in [0.1, 0.15) is 13.2 Å². The van der Waals surface area contributed by atoms with Crippen LogP contribution in [0.15, 0.2) is 60.8 Å². The molecule has 0 bridgehead atoms. The molecule has 6 heteroatoms. The van der Waals surface area contributed by atoms with Crippen molar-refractivity contribution in [2.24, 2.45) is 0 Å². The smallest absolute Gasteiger partial charge is 0.306 e. The molecule has 1 atom stereocenters. The summed E-state index contributed by atoms with van der Waals surface area (Å²) < 4.78 is 16.9. The van der Waals surface area contributed by atoms with Gasteiger partial charge in [0.05, 0.1) is 0 Å². The Balaban J connectivity index is 4.21. The Morgan fingerprint density at radius 3 is 0.803 bits per heavy atom. The lowest BCUT2D eigenvalue weighted by molar-refractivity contribution is -0.167. The number of ether oxygens (including phenoxy) is 3. The van der Waals surface area contributed by atoms with Gasteiger partial charge < -0.3 is 14.2 Å². The fourth-order valence-corrected chi connectivity index (χ4v) is 9.83. The van der Waals surface area contributed by atoms with Crippen LogP contribution in [0.4, 0.5) is 0 Å². The molecule has 0 radical (unpaired) electrons. The molecule has 0 aliphatic carbocycles. The van der Waals surface area contributed by atoms with Crippen LogP contribution in [-0.4, -0.2) is 37.2 Å². The lowest BCUT2D eigenvalue weighted by Crippen LogP contribution is -2.30. The van der Waals surface area contributed by atoms with E-state index in [0.29, 0.717) is 19.3 Å². The van der Waals surface area contributed by atoms with E-state index in [4.69, 9.17) is 14.2 Å². The molecule has 0 amide bonds. The molecule has 0 saturated heterocycles. The van der Waals surface area contributed by atoms with Crippen LogP contribution in [0.5, 0.6) is 0 Å². The Bertz CT molecular complexity index is 1360. The molecule has 0 aromatic heterocycles. The van der Waals surface area contributed by atoms with Crippen LogP contribution in [0.1, 0.15) is 348 Å². The molecule has 76 heavy (non-hydrogen) atoms. The summed E-state index contributed by atoms with van der Waals surface area (Å²) in [5.41, 5.74) is 0. The summed E-state index contributed by atoms with van der Waals surface area (Å²) in [4.78, 5) is 38.3. The zero-order valence-electron chi connectivity index (χ0n) is 50.8. The van der Waals surface area contributed by atoms with Crippen molar-refractivity contribution < 1.29 is 28.6 Å². The molecule has 0 spiro atoms. The third-order valence-corrected chi connectivity index (χ3v) is 14.8. The van der Waals surface area contributed by atoms with Crippen LogP contribution in [0.2, 0.25) is 0 Å². The summed E-state index contributed by atoms with van der Waals surface area (Å²) in [5, 5.41) is 0. The van der Waals surface area contributed by atoms with Crippen LogP contribution in [-0.2, 0) is 28.6 Å². The fraction of sp³-hybridized carbons (Fsp3) is 0.814. The van der Waals surface area contributed by atoms with Gasteiger partial charge in [0, 0.05) is 19.3 Å². The average Bonchev–Trinajstić information content (AvgIpc) is 3.42. The Morgan fingerprint density at radius 2 is 0.513 bits per heavy atom. The summed E-state index contributed by atoms with van der Waals surface area (Å²) in [7, 11) is 0. The third-order valence-electron chi connectivity index (χ3n) is 14.8. The van der Waals surface area contributed by atoms with E-state index in [1.54, 1.807) is 0 Å². The topological polar surface area (TPSA) is 78.9 Å². The third kappa shape index (κ3) is 62.0. The van der Waals surface area contributed by atoms with E-state index in [2.05, 4.69) is 81.5 Å². The highest BCUT2D eigenvalue weighted by atomic mass is 16.6. The monoisotopic (exact) mass is 1060 g/mol. The first kappa shape index (κ1) is 73.1. The minimum Gasteiger partial charge on any atom is -0.462 e. The predicted molar refractivity (Wildman–Crippen MR) is 330 cm³/mol. The van der Waals surface area contributed by atoms with Crippen LogP contribution in [0.25, 0.3) is 0 Å². The van der Waals surface area contributed by atoms with Gasteiger partial charge in [-0.05, 0) is 64.2 Å². The number of carbonyl (C=O) groups is 3. The van der Waals surface area contributed by atoms with E-state index in [0.717, 1.165) is 96.3 Å². The molecule has 0 rings (SSSR count). The minimum atomic E-state index is -0.789. The first-order chi connectivity index (χ1) is 37.5. The van der Waals surface area contributed by atoms with Gasteiger partial charge in [-0.3, -0.25) is 14.4 Å². The molecular weight excluding hydrogens is 937 g/mol. The second kappa shape index (κ2) is 64.6. The molecule has 0 saturated carbocycles. The Hall–Kier alpha value is -2.89. The Kier molecular flexibility index (Phi) is 62.2. The number of unbranched alkanes of at least 4 members (excludes halogenated alkanes) is 40. The van der Waals surface area contributed by atoms with Crippen molar-refractivity contribution >= 4 is 17.9 Å². The van der Waals surface area contributed by atoms with Gasteiger partial charge in [-0.2, -0.15) is 0 Å². The van der Waals surface area contributed by atoms with Crippen LogP contribution in [0.3, 0.4) is 0 Å². The van der Waals surface area contributed by atoms with Crippen LogP contribution in [0, 0.1) is 0 Å². The van der Waals surface area contributed by atoms with E-state index >= 15 is 0 Å². The van der Waals surface area contributed by atoms with Gasteiger partial charge in [0.2, 0.25) is 0 Å². The maximum Gasteiger partial charge on any atom is 0.306 e. The normalized spacial score (nSPS) is 12.4. The van der Waals surface area contributed by atoms with Gasteiger partial charge in [-0.1, -0.05) is 326 Å². The Labute approximate surface area is 472 Å². The average molecular weight is 1060 g/mol. The molecule has 1 unspecified atom stereocenters. The quantitative estimate of drug-likeness (QED) is 0.0261. The van der Waals surface area contributed by atoms with E-state index in [1.165, 1.54) is 212 Å². The van der Waals surface area contributed by atoms with Gasteiger partial charge in [-0.25, -0.2) is 0 Å². The summed E-state index contributed by atoms with van der Waals surface area (Å²) in [6.07, 6.45) is 82.5. The van der Waals surface area contributed by atoms with E-state index in [-0.39, 0.29) is 31.1 Å². The summed E-state index contributed by atoms with van der Waals surface area (Å²) >= 11 is 0. The fourth-order valence-electron chi connectivity index (χ4n) is 9.83. The number of hydrogen-bond donors (Lipinski definition) is 0. The number of rotatable bonds is 61. The highest BCUT2D eigenvalue weighted by Crippen LogP contribution is 2.18. The van der Waals surface area contributed by atoms with Crippen molar-refractivity contribution in [2.75, 3.05) is 13.2 Å². The lowest BCUT2D eigenvalue weighted by Gasteiger charge is -2.18. The molecule has 0 fully saturated rings. The molecule has 0 N–H and O–H groups in total. The van der Waals surface area contributed by atoms with E-state index < -0.39 is 6.10 Å². The van der Waals surface area contributed by atoms with Crippen molar-refractivity contribution in [1.82, 2.24) is 0 Å². The van der Waals surface area contributed by atoms with Gasteiger partial charge in [0.25, 0.3) is 0 Å². The molecule has 0 aliphatic rings. The van der Waals surface area contributed by atoms with Gasteiger partial charge >= 0.3 is 17.9 Å². The lowest BCUT2D eigenvalue weighted by atomic mass is 10.0. The second-order valence-corrected chi connectivity index (χ2v) is 22.4. The van der Waals surface area contributed by atoms with E-state index in [1.807, 2.05) is 0 Å². The van der Waals surface area contributed by atoms with Gasteiger partial charge in [-0.15, -0.1) is 0 Å². The highest BCUT2D eigenvalue weighted by molar-refractivity contribution is 5.71. The number of carbonyl (C=O) groups excluding carboxylic acids is 3. The van der Waals surface area contributed by atoms with Crippen molar-refractivity contribution in [3.63, 3.8) is 0 Å². The predicted octanol–water partition coefficient (Wildman–Crippen LogP) is 22.7. The van der Waals surface area contributed by atoms with Crippen molar-refractivity contribution in [3.8, 4) is 0 Å². The standard InChI is InChI=1S/C70H126O6/c1-4-7-10-13-16-19-22-24-26-28-30-31-32-33-34-35-36-37-38-40-41-43-45-48-51-54-57-60-63-69(72)75-66-67(65-74-68(71)62-59-56-53-50-47-21-18-15-12-9-6-3)76-70(73)64-61-58-55-52-49-46-44-42-39-29-27-25-23-20-17-14-11-8-5-2/h8,11,17,20,25,27,39,42,46,49,67H,4-7,9-10,12-16,18-19,21-24,26,28-38,40-41,43-45,47-48,50-66H2,1-3H3/b11-8-,20-17-,27-25-,42-39-,49-46-. The highest BCUT2D eigenvalue weighted by Gasteiger charge is 2.19. The first-order valence-corrected chi connectivity index (χ1v) is 33.3. The zero-order chi connectivity index (χ0) is 55.0. The zero-order valence-corrected chi connectivity index (χ0v) is 50.8. The minimum absolute atomic E-state index is 0.0834. The summed E-state index contributed by atoms with van der Waals surface area (Å²) in [6, 6.07) is 0. The maximum atomic E-state index is 12.9. The van der Waals surface area contributed by atoms with Crippen molar-refractivity contribution in [3.05, 3.63) is 60.8 Å². The molecule has 0 aliphatic heterocycles. The van der Waals surface area contributed by atoms with Crippen molar-refractivity contribution in [1.29, 1.82) is 0 Å². The molecule has 0 aromatic carbocycles. The first-order valence-electron chi connectivity index (χ1n) is 33.3. The molecule has 442 valence electrons. The molecular formula is C70H126O6.